The monoisotopic (exact) mass is 417 g/mol. The average molecular weight is 418 g/mol. The van der Waals surface area contributed by atoms with Crippen molar-refractivity contribution in [2.75, 3.05) is 6.54 Å². The van der Waals surface area contributed by atoms with Crippen molar-refractivity contribution >= 4 is 28.5 Å². The van der Waals surface area contributed by atoms with Crippen molar-refractivity contribution in [1.29, 1.82) is 0 Å². The second kappa shape index (κ2) is 7.22. The van der Waals surface area contributed by atoms with Gasteiger partial charge in [0.2, 0.25) is 0 Å². The van der Waals surface area contributed by atoms with Crippen molar-refractivity contribution in [3.05, 3.63) is 75.7 Å². The van der Waals surface area contributed by atoms with Crippen LogP contribution in [0.5, 0.6) is 0 Å². The second-order valence-electron chi connectivity index (χ2n) is 7.61. The number of hydrogen-bond donors (Lipinski definition) is 1. The number of H-pyrrole nitrogens is 1. The lowest BCUT2D eigenvalue weighted by Gasteiger charge is -2.27. The summed E-state index contributed by atoms with van der Waals surface area (Å²) in [6.07, 6.45) is 0.743. The quantitative estimate of drug-likeness (QED) is 0.521. The molecule has 0 unspecified atom stereocenters. The van der Waals surface area contributed by atoms with Gasteiger partial charge >= 0.3 is 0 Å². The Bertz CT molecular complexity index is 1280. The summed E-state index contributed by atoms with van der Waals surface area (Å²) >= 11 is 6.02. The first-order chi connectivity index (χ1) is 14.5. The topological polar surface area (TPSA) is 74.8 Å². The highest BCUT2D eigenvalue weighted by Gasteiger charge is 2.26. The van der Waals surface area contributed by atoms with Gasteiger partial charge in [0.05, 0.1) is 28.1 Å². The molecule has 150 valence electrons. The van der Waals surface area contributed by atoms with E-state index < -0.39 is 0 Å². The molecular weight excluding hydrogens is 398 g/mol. The van der Waals surface area contributed by atoms with Crippen LogP contribution in [-0.4, -0.2) is 37.5 Å². The van der Waals surface area contributed by atoms with Gasteiger partial charge < -0.3 is 4.90 Å². The molecule has 3 heterocycles. The molecule has 1 aliphatic heterocycles. The van der Waals surface area contributed by atoms with Gasteiger partial charge in [0.25, 0.3) is 5.91 Å². The first-order valence-corrected chi connectivity index (χ1v) is 10.2. The van der Waals surface area contributed by atoms with Crippen molar-refractivity contribution in [1.82, 2.24) is 25.1 Å². The Morgan fingerprint density at radius 2 is 1.77 bits per heavy atom. The summed E-state index contributed by atoms with van der Waals surface area (Å²) in [5, 5.41) is 8.32. The van der Waals surface area contributed by atoms with Crippen LogP contribution in [0.4, 0.5) is 0 Å². The number of nitrogens with one attached hydrogen (secondary N) is 1. The molecule has 2 aromatic heterocycles. The smallest absolute Gasteiger partial charge is 0.254 e. The van der Waals surface area contributed by atoms with Gasteiger partial charge in [-0.3, -0.25) is 9.89 Å². The predicted octanol–water partition coefficient (Wildman–Crippen LogP) is 4.49. The molecule has 0 saturated carbocycles. The number of hydrogen-bond acceptors (Lipinski definition) is 4. The van der Waals surface area contributed by atoms with Gasteiger partial charge in [0, 0.05) is 46.9 Å². The number of nitrogens with zero attached hydrogens (tertiary/aromatic N) is 4. The summed E-state index contributed by atoms with van der Waals surface area (Å²) in [4.78, 5) is 24.3. The normalized spacial score (nSPS) is 13.5. The molecule has 0 aliphatic carbocycles. The summed E-state index contributed by atoms with van der Waals surface area (Å²) < 4.78 is 0. The van der Waals surface area contributed by atoms with Crippen LogP contribution in [0.2, 0.25) is 5.02 Å². The molecule has 1 amide bonds. The average Bonchev–Trinajstić information content (AvgIpc) is 3.17. The van der Waals surface area contributed by atoms with E-state index in [0.29, 0.717) is 23.7 Å². The summed E-state index contributed by atoms with van der Waals surface area (Å²) in [6, 6.07) is 13.1. The van der Waals surface area contributed by atoms with Gasteiger partial charge in [-0.05, 0) is 44.2 Å². The Kier molecular flexibility index (Phi) is 4.51. The summed E-state index contributed by atoms with van der Waals surface area (Å²) in [6.45, 7) is 5.03. The molecule has 1 aliphatic rings. The minimum atomic E-state index is -0.00849. The van der Waals surface area contributed by atoms with Crippen molar-refractivity contribution in [3.63, 3.8) is 0 Å². The fraction of sp³-hybridized carbons (Fsp3) is 0.217. The predicted molar refractivity (Wildman–Crippen MR) is 116 cm³/mol. The Labute approximate surface area is 178 Å². The fourth-order valence-corrected chi connectivity index (χ4v) is 3.99. The fourth-order valence-electron chi connectivity index (χ4n) is 3.86. The molecule has 6 nitrogen and oxygen atoms in total. The standard InChI is InChI=1S/C23H20ClN5O/c1-13-14(2)26-21-11-16(5-8-20(21)25-13)23(30)29-10-9-19-18(12-29)22(28-27-19)15-3-6-17(24)7-4-15/h3-8,11H,9-10,12H2,1-2H3,(H,27,28). The molecule has 7 heteroatoms. The molecule has 0 fully saturated rings. The lowest BCUT2D eigenvalue weighted by atomic mass is 10.0. The summed E-state index contributed by atoms with van der Waals surface area (Å²) in [5.41, 5.74) is 7.94. The van der Waals surface area contributed by atoms with Gasteiger partial charge in [0.1, 0.15) is 0 Å². The zero-order valence-electron chi connectivity index (χ0n) is 16.7. The molecule has 2 aromatic carbocycles. The SMILES string of the molecule is Cc1nc2ccc(C(=O)N3CCc4[nH]nc(-c5ccc(Cl)cc5)c4C3)cc2nc1C. The van der Waals surface area contributed by atoms with E-state index in [0.717, 1.165) is 51.4 Å². The van der Waals surface area contributed by atoms with Crippen molar-refractivity contribution in [2.24, 2.45) is 0 Å². The van der Waals surface area contributed by atoms with Crippen LogP contribution in [0.1, 0.15) is 33.0 Å². The maximum absolute atomic E-state index is 13.2. The number of aromatic nitrogens is 4. The maximum Gasteiger partial charge on any atom is 0.254 e. The highest BCUT2D eigenvalue weighted by atomic mass is 35.5. The van der Waals surface area contributed by atoms with E-state index in [1.165, 1.54) is 0 Å². The largest absolute Gasteiger partial charge is 0.334 e. The lowest BCUT2D eigenvalue weighted by Crippen LogP contribution is -2.35. The second-order valence-corrected chi connectivity index (χ2v) is 8.05. The minimum Gasteiger partial charge on any atom is -0.334 e. The number of fused-ring (bicyclic) bond motifs is 2. The van der Waals surface area contributed by atoms with E-state index in [4.69, 9.17) is 11.6 Å². The number of amides is 1. The van der Waals surface area contributed by atoms with Crippen LogP contribution in [0.15, 0.2) is 42.5 Å². The van der Waals surface area contributed by atoms with Crippen LogP contribution >= 0.6 is 11.6 Å². The highest BCUT2D eigenvalue weighted by molar-refractivity contribution is 6.30. The van der Waals surface area contributed by atoms with Crippen LogP contribution in [-0.2, 0) is 13.0 Å². The third-order valence-electron chi connectivity index (χ3n) is 5.66. The number of aromatic amines is 1. The molecule has 0 bridgehead atoms. The number of benzene rings is 2. The third kappa shape index (κ3) is 3.23. The van der Waals surface area contributed by atoms with E-state index in [-0.39, 0.29) is 5.91 Å². The van der Waals surface area contributed by atoms with Crippen molar-refractivity contribution < 1.29 is 4.79 Å². The lowest BCUT2D eigenvalue weighted by molar-refractivity contribution is 0.0735. The van der Waals surface area contributed by atoms with Gasteiger partial charge in [-0.25, -0.2) is 9.97 Å². The molecule has 4 aromatic rings. The molecular formula is C23H20ClN5O. The van der Waals surface area contributed by atoms with Gasteiger partial charge in [0.15, 0.2) is 0 Å². The third-order valence-corrected chi connectivity index (χ3v) is 5.91. The van der Waals surface area contributed by atoms with Crippen molar-refractivity contribution in [2.45, 2.75) is 26.8 Å². The molecule has 0 atom stereocenters. The number of halogens is 1. The van der Waals surface area contributed by atoms with Gasteiger partial charge in [-0.2, -0.15) is 5.10 Å². The van der Waals surface area contributed by atoms with E-state index in [1.54, 1.807) is 0 Å². The number of carbonyl (C=O) groups excluding carboxylic acids is 1. The molecule has 1 N–H and O–H groups in total. The number of rotatable bonds is 2. The first-order valence-electron chi connectivity index (χ1n) is 9.86. The Hall–Kier alpha value is -3.25. The van der Waals surface area contributed by atoms with Crippen molar-refractivity contribution in [3.8, 4) is 11.3 Å². The molecule has 0 saturated heterocycles. The van der Waals surface area contributed by atoms with E-state index in [2.05, 4.69) is 20.2 Å². The Morgan fingerprint density at radius 1 is 1.03 bits per heavy atom. The zero-order valence-corrected chi connectivity index (χ0v) is 17.5. The number of aryl methyl sites for hydroxylation is 2. The molecule has 30 heavy (non-hydrogen) atoms. The molecule has 5 rings (SSSR count). The summed E-state index contributed by atoms with van der Waals surface area (Å²) in [5.74, 6) is -0.00849. The highest BCUT2D eigenvalue weighted by Crippen LogP contribution is 2.30. The van der Waals surface area contributed by atoms with E-state index in [1.807, 2.05) is 61.2 Å². The van der Waals surface area contributed by atoms with Crippen LogP contribution in [0.25, 0.3) is 22.3 Å². The minimum absolute atomic E-state index is 0.00849. The van der Waals surface area contributed by atoms with Gasteiger partial charge in [-0.15, -0.1) is 0 Å². The van der Waals surface area contributed by atoms with Crippen LogP contribution in [0.3, 0.4) is 0 Å². The summed E-state index contributed by atoms with van der Waals surface area (Å²) in [7, 11) is 0. The van der Waals surface area contributed by atoms with E-state index in [9.17, 15) is 4.79 Å². The van der Waals surface area contributed by atoms with Crippen LogP contribution < -0.4 is 0 Å². The molecule has 0 spiro atoms. The number of carbonyl (C=O) groups is 1. The Balaban J connectivity index is 1.45. The molecule has 0 radical (unpaired) electrons. The zero-order chi connectivity index (χ0) is 20.8. The van der Waals surface area contributed by atoms with Gasteiger partial charge in [-0.1, -0.05) is 23.7 Å². The maximum atomic E-state index is 13.2. The first kappa shape index (κ1) is 18.8. The Morgan fingerprint density at radius 3 is 2.53 bits per heavy atom. The van der Waals surface area contributed by atoms with Crippen LogP contribution in [0, 0.1) is 13.8 Å². The van der Waals surface area contributed by atoms with E-state index >= 15 is 0 Å².